The molecule has 0 aliphatic carbocycles. The minimum Gasteiger partial charge on any atom is -0.366 e. The van der Waals surface area contributed by atoms with Crippen LogP contribution in [0.2, 0.25) is 5.02 Å². The number of carbonyl (C=O) groups is 2. The number of hydrogen-bond acceptors (Lipinski definition) is 3. The van der Waals surface area contributed by atoms with Crippen molar-refractivity contribution in [1.29, 1.82) is 0 Å². The van der Waals surface area contributed by atoms with E-state index in [4.69, 9.17) is 22.3 Å². The van der Waals surface area contributed by atoms with Crippen molar-refractivity contribution >= 4 is 29.4 Å². The summed E-state index contributed by atoms with van der Waals surface area (Å²) in [5, 5.41) is 3.96. The van der Waals surface area contributed by atoms with E-state index in [1.807, 2.05) is 42.2 Å². The molecule has 0 spiro atoms. The molecular formula is C23H28ClN5O2. The highest BCUT2D eigenvalue weighted by atomic mass is 35.5. The van der Waals surface area contributed by atoms with Gasteiger partial charge >= 0.3 is 0 Å². The Hall–Kier alpha value is -3.06. The van der Waals surface area contributed by atoms with Gasteiger partial charge in [-0.3, -0.25) is 9.59 Å². The van der Waals surface area contributed by atoms with Crippen LogP contribution >= 0.6 is 11.6 Å². The van der Waals surface area contributed by atoms with Crippen LogP contribution in [0.1, 0.15) is 28.4 Å². The van der Waals surface area contributed by atoms with Gasteiger partial charge in [0, 0.05) is 43.3 Å². The van der Waals surface area contributed by atoms with E-state index in [2.05, 4.69) is 10.2 Å². The molecule has 2 aromatic rings. The second kappa shape index (κ2) is 10.8. The number of piperazine rings is 1. The van der Waals surface area contributed by atoms with Crippen LogP contribution in [-0.2, 0) is 17.8 Å². The third-order valence-corrected chi connectivity index (χ3v) is 5.37. The first kappa shape index (κ1) is 22.6. The van der Waals surface area contributed by atoms with Crippen molar-refractivity contribution < 1.29 is 9.59 Å². The minimum atomic E-state index is -0.448. The number of nitrogens with two attached hydrogens (primary N) is 1. The zero-order chi connectivity index (χ0) is 22.2. The molecule has 2 aromatic carbocycles. The van der Waals surface area contributed by atoms with Crippen LogP contribution < -0.4 is 11.1 Å². The summed E-state index contributed by atoms with van der Waals surface area (Å²) in [6.07, 6.45) is 0.352. The Kier molecular flexibility index (Phi) is 7.89. The lowest BCUT2D eigenvalue weighted by molar-refractivity contribution is -0.131. The molecule has 164 valence electrons. The summed E-state index contributed by atoms with van der Waals surface area (Å²) in [5.74, 6) is 0.456. The predicted molar refractivity (Wildman–Crippen MR) is 123 cm³/mol. The van der Waals surface area contributed by atoms with Gasteiger partial charge in [0.15, 0.2) is 5.96 Å². The monoisotopic (exact) mass is 441 g/mol. The van der Waals surface area contributed by atoms with Gasteiger partial charge in [-0.15, -0.1) is 0 Å². The van der Waals surface area contributed by atoms with E-state index in [1.54, 1.807) is 18.2 Å². The SMILES string of the molecule is CCNC(=NCc1cccc(C(N)=O)c1)N1CCN(C(=O)Cc2cccc(Cl)c2)CC1. The summed E-state index contributed by atoms with van der Waals surface area (Å²) in [6.45, 7) is 5.89. The molecule has 7 nitrogen and oxygen atoms in total. The van der Waals surface area contributed by atoms with Crippen molar-refractivity contribution in [3.63, 3.8) is 0 Å². The molecule has 0 bridgehead atoms. The number of carbonyl (C=O) groups excluding carboxylic acids is 2. The standard InChI is InChI=1S/C23H28ClN5O2/c1-2-26-23(27-16-18-6-3-7-19(13-18)22(25)31)29-11-9-28(10-12-29)21(30)15-17-5-4-8-20(24)14-17/h3-8,13-14H,2,9-12,15-16H2,1H3,(H2,25,31)(H,26,27). The third-order valence-electron chi connectivity index (χ3n) is 5.13. The first-order valence-corrected chi connectivity index (χ1v) is 10.8. The zero-order valence-electron chi connectivity index (χ0n) is 17.7. The number of amides is 2. The van der Waals surface area contributed by atoms with Crippen molar-refractivity contribution in [2.24, 2.45) is 10.7 Å². The number of aliphatic imine (C=N–C) groups is 1. The molecule has 1 fully saturated rings. The topological polar surface area (TPSA) is 91.0 Å². The highest BCUT2D eigenvalue weighted by molar-refractivity contribution is 6.30. The van der Waals surface area contributed by atoms with Crippen LogP contribution in [-0.4, -0.2) is 60.3 Å². The van der Waals surface area contributed by atoms with E-state index >= 15 is 0 Å². The number of primary amides is 1. The van der Waals surface area contributed by atoms with Crippen LogP contribution in [0.3, 0.4) is 0 Å². The minimum absolute atomic E-state index is 0.104. The molecular weight excluding hydrogens is 414 g/mol. The van der Waals surface area contributed by atoms with Gasteiger partial charge in [0.2, 0.25) is 11.8 Å². The molecule has 31 heavy (non-hydrogen) atoms. The Bertz CT molecular complexity index is 954. The maximum absolute atomic E-state index is 12.7. The Morgan fingerprint density at radius 2 is 1.71 bits per heavy atom. The smallest absolute Gasteiger partial charge is 0.248 e. The lowest BCUT2D eigenvalue weighted by Gasteiger charge is -2.36. The Labute approximate surface area is 187 Å². The van der Waals surface area contributed by atoms with Crippen molar-refractivity contribution in [2.75, 3.05) is 32.7 Å². The van der Waals surface area contributed by atoms with Crippen LogP contribution in [0.15, 0.2) is 53.5 Å². The number of benzene rings is 2. The van der Waals surface area contributed by atoms with Gasteiger partial charge in [-0.05, 0) is 42.3 Å². The maximum atomic E-state index is 12.7. The van der Waals surface area contributed by atoms with Crippen molar-refractivity contribution in [3.8, 4) is 0 Å². The first-order valence-electron chi connectivity index (χ1n) is 10.4. The van der Waals surface area contributed by atoms with Gasteiger partial charge in [0.1, 0.15) is 0 Å². The van der Waals surface area contributed by atoms with Gasteiger partial charge in [-0.2, -0.15) is 0 Å². The van der Waals surface area contributed by atoms with E-state index in [0.29, 0.717) is 49.7 Å². The molecule has 0 atom stereocenters. The number of nitrogens with one attached hydrogen (secondary N) is 1. The Balaban J connectivity index is 1.58. The van der Waals surface area contributed by atoms with Gasteiger partial charge in [-0.25, -0.2) is 4.99 Å². The van der Waals surface area contributed by atoms with E-state index in [1.165, 1.54) is 0 Å². The first-order chi connectivity index (χ1) is 15.0. The second-order valence-electron chi connectivity index (χ2n) is 7.41. The van der Waals surface area contributed by atoms with Crippen molar-refractivity contribution in [3.05, 3.63) is 70.2 Å². The van der Waals surface area contributed by atoms with Gasteiger partial charge in [0.25, 0.3) is 0 Å². The quantitative estimate of drug-likeness (QED) is 0.531. The summed E-state index contributed by atoms with van der Waals surface area (Å²) >= 11 is 6.02. The van der Waals surface area contributed by atoms with Gasteiger partial charge in [0.05, 0.1) is 13.0 Å². The Morgan fingerprint density at radius 1 is 1.03 bits per heavy atom. The molecule has 3 N–H and O–H groups in total. The number of hydrogen-bond donors (Lipinski definition) is 2. The summed E-state index contributed by atoms with van der Waals surface area (Å²) in [7, 11) is 0. The van der Waals surface area contributed by atoms with E-state index in [0.717, 1.165) is 23.6 Å². The van der Waals surface area contributed by atoms with Gasteiger partial charge < -0.3 is 20.9 Å². The highest BCUT2D eigenvalue weighted by Gasteiger charge is 2.23. The zero-order valence-corrected chi connectivity index (χ0v) is 18.4. The molecule has 8 heteroatoms. The summed E-state index contributed by atoms with van der Waals surface area (Å²) in [5.41, 5.74) is 7.68. The molecule has 0 saturated carbocycles. The van der Waals surface area contributed by atoms with E-state index < -0.39 is 5.91 Å². The lowest BCUT2D eigenvalue weighted by atomic mass is 10.1. The fourth-order valence-electron chi connectivity index (χ4n) is 3.52. The number of nitrogens with zero attached hydrogens (tertiary/aromatic N) is 3. The Morgan fingerprint density at radius 3 is 2.39 bits per heavy atom. The fourth-order valence-corrected chi connectivity index (χ4v) is 3.73. The number of guanidine groups is 1. The van der Waals surface area contributed by atoms with Crippen LogP contribution in [0, 0.1) is 0 Å². The fraction of sp³-hybridized carbons (Fsp3) is 0.348. The van der Waals surface area contributed by atoms with Crippen LogP contribution in [0.25, 0.3) is 0 Å². The molecule has 1 aliphatic rings. The normalized spacial score (nSPS) is 14.5. The predicted octanol–water partition coefficient (Wildman–Crippen LogP) is 2.29. The molecule has 0 aromatic heterocycles. The van der Waals surface area contributed by atoms with E-state index in [9.17, 15) is 9.59 Å². The summed E-state index contributed by atoms with van der Waals surface area (Å²) < 4.78 is 0. The average molecular weight is 442 g/mol. The van der Waals surface area contributed by atoms with Crippen LogP contribution in [0.5, 0.6) is 0 Å². The summed E-state index contributed by atoms with van der Waals surface area (Å²) in [6, 6.07) is 14.6. The van der Waals surface area contributed by atoms with Crippen molar-refractivity contribution in [1.82, 2.24) is 15.1 Å². The molecule has 0 radical (unpaired) electrons. The van der Waals surface area contributed by atoms with E-state index in [-0.39, 0.29) is 5.91 Å². The maximum Gasteiger partial charge on any atom is 0.248 e. The molecule has 2 amide bonds. The molecule has 1 heterocycles. The van der Waals surface area contributed by atoms with Gasteiger partial charge in [-0.1, -0.05) is 35.9 Å². The van der Waals surface area contributed by atoms with Crippen LogP contribution in [0.4, 0.5) is 0 Å². The summed E-state index contributed by atoms with van der Waals surface area (Å²) in [4.78, 5) is 32.8. The molecule has 0 unspecified atom stereocenters. The van der Waals surface area contributed by atoms with Crippen molar-refractivity contribution in [2.45, 2.75) is 19.9 Å². The third kappa shape index (κ3) is 6.46. The number of halogens is 1. The average Bonchev–Trinajstić information content (AvgIpc) is 2.77. The second-order valence-corrected chi connectivity index (χ2v) is 7.85. The molecule has 3 rings (SSSR count). The number of rotatable bonds is 6. The largest absolute Gasteiger partial charge is 0.366 e. The molecule has 1 aliphatic heterocycles. The highest BCUT2D eigenvalue weighted by Crippen LogP contribution is 2.13. The lowest BCUT2D eigenvalue weighted by Crippen LogP contribution is -2.54. The molecule has 1 saturated heterocycles.